The van der Waals surface area contributed by atoms with Crippen molar-refractivity contribution in [3.8, 4) is 11.5 Å². The quantitative estimate of drug-likeness (QED) is 0.599. The second-order valence-electron chi connectivity index (χ2n) is 8.34. The van der Waals surface area contributed by atoms with Crippen LogP contribution in [0.15, 0.2) is 51.8 Å². The average molecular weight is 440 g/mol. The van der Waals surface area contributed by atoms with Crippen molar-refractivity contribution in [3.05, 3.63) is 70.6 Å². The van der Waals surface area contributed by atoms with E-state index in [9.17, 15) is 8.42 Å². The van der Waals surface area contributed by atoms with Crippen molar-refractivity contribution in [1.82, 2.24) is 14.2 Å². The van der Waals surface area contributed by atoms with Gasteiger partial charge in [-0.3, -0.25) is 4.90 Å². The second kappa shape index (κ2) is 8.57. The summed E-state index contributed by atoms with van der Waals surface area (Å²) in [6, 6.07) is 13.6. The van der Waals surface area contributed by atoms with Crippen molar-refractivity contribution in [1.29, 1.82) is 0 Å². The third-order valence-corrected chi connectivity index (χ3v) is 7.90. The van der Waals surface area contributed by atoms with Crippen molar-refractivity contribution in [2.24, 2.45) is 0 Å². The summed E-state index contributed by atoms with van der Waals surface area (Å²) < 4.78 is 33.7. The predicted molar refractivity (Wildman–Crippen MR) is 121 cm³/mol. The zero-order chi connectivity index (χ0) is 22.2. The Labute approximate surface area is 184 Å². The van der Waals surface area contributed by atoms with Gasteiger partial charge < -0.3 is 4.42 Å². The van der Waals surface area contributed by atoms with Gasteiger partial charge in [0.2, 0.25) is 15.9 Å². The number of aromatic nitrogens is 1. The van der Waals surface area contributed by atoms with Crippen LogP contribution in [0.1, 0.15) is 28.1 Å². The lowest BCUT2D eigenvalue weighted by Gasteiger charge is -2.33. The molecule has 0 bridgehead atoms. The summed E-state index contributed by atoms with van der Waals surface area (Å²) in [5.74, 6) is 1.43. The van der Waals surface area contributed by atoms with Gasteiger partial charge >= 0.3 is 0 Å². The van der Waals surface area contributed by atoms with E-state index in [1.807, 2.05) is 57.2 Å². The molecule has 0 radical (unpaired) electrons. The van der Waals surface area contributed by atoms with Crippen LogP contribution in [0.5, 0.6) is 0 Å². The topological polar surface area (TPSA) is 66.7 Å². The molecule has 1 aliphatic heterocycles. The van der Waals surface area contributed by atoms with Crippen molar-refractivity contribution in [2.45, 2.75) is 39.1 Å². The van der Waals surface area contributed by atoms with Gasteiger partial charge in [-0.1, -0.05) is 35.4 Å². The fourth-order valence-corrected chi connectivity index (χ4v) is 5.59. The minimum absolute atomic E-state index is 0.404. The SMILES string of the molecule is Cc1ccc(-c2nc(CN3CCN(S(=O)(=O)c4ccc(C)cc4C)CC3)c(C)o2)cc1. The molecule has 0 spiro atoms. The second-order valence-corrected chi connectivity index (χ2v) is 10.2. The normalized spacial score (nSPS) is 16.0. The largest absolute Gasteiger partial charge is 0.441 e. The van der Waals surface area contributed by atoms with E-state index in [-0.39, 0.29) is 0 Å². The molecule has 0 amide bonds. The molecular formula is C24H29N3O3S. The first-order valence-electron chi connectivity index (χ1n) is 10.6. The van der Waals surface area contributed by atoms with Gasteiger partial charge in [0.1, 0.15) is 5.76 Å². The first-order chi connectivity index (χ1) is 14.7. The number of aryl methyl sites for hydroxylation is 4. The first kappa shape index (κ1) is 21.7. The number of piperazine rings is 1. The number of sulfonamides is 1. The number of rotatable bonds is 5. The molecule has 1 saturated heterocycles. The summed E-state index contributed by atoms with van der Waals surface area (Å²) in [6.07, 6.45) is 0. The Morgan fingerprint density at radius 2 is 1.55 bits per heavy atom. The fraction of sp³-hybridized carbons (Fsp3) is 0.375. The standard InChI is InChI=1S/C24H29N3O3S/c1-17-5-8-21(9-6-17)24-25-22(20(4)30-24)16-26-11-13-27(14-12-26)31(28,29)23-10-7-18(2)15-19(23)3/h5-10,15H,11-14,16H2,1-4H3. The Morgan fingerprint density at radius 3 is 2.19 bits per heavy atom. The van der Waals surface area contributed by atoms with E-state index in [4.69, 9.17) is 9.40 Å². The highest BCUT2D eigenvalue weighted by Gasteiger charge is 2.30. The predicted octanol–water partition coefficient (Wildman–Crippen LogP) is 4.08. The maximum absolute atomic E-state index is 13.1. The minimum atomic E-state index is -3.48. The Kier molecular flexibility index (Phi) is 6.01. The molecule has 6 nitrogen and oxygen atoms in total. The Hall–Kier alpha value is -2.48. The number of nitrogens with zero attached hydrogens (tertiary/aromatic N) is 3. The van der Waals surface area contributed by atoms with E-state index in [2.05, 4.69) is 11.8 Å². The minimum Gasteiger partial charge on any atom is -0.441 e. The number of hydrogen-bond donors (Lipinski definition) is 0. The molecule has 0 saturated carbocycles. The highest BCUT2D eigenvalue weighted by molar-refractivity contribution is 7.89. The van der Waals surface area contributed by atoms with Crippen LogP contribution in [0, 0.1) is 27.7 Å². The molecule has 1 fully saturated rings. The lowest BCUT2D eigenvalue weighted by atomic mass is 10.1. The summed E-state index contributed by atoms with van der Waals surface area (Å²) >= 11 is 0. The van der Waals surface area contributed by atoms with Crippen molar-refractivity contribution in [2.75, 3.05) is 26.2 Å². The van der Waals surface area contributed by atoms with E-state index in [0.717, 1.165) is 28.1 Å². The van der Waals surface area contributed by atoms with Crippen molar-refractivity contribution in [3.63, 3.8) is 0 Å². The molecule has 0 unspecified atom stereocenters. The summed E-state index contributed by atoms with van der Waals surface area (Å²) in [5.41, 5.74) is 4.92. The lowest BCUT2D eigenvalue weighted by molar-refractivity contribution is 0.179. The van der Waals surface area contributed by atoms with Gasteiger partial charge in [-0.05, 0) is 51.5 Å². The van der Waals surface area contributed by atoms with E-state index in [1.165, 1.54) is 5.56 Å². The van der Waals surface area contributed by atoms with Gasteiger partial charge in [-0.2, -0.15) is 4.31 Å². The zero-order valence-electron chi connectivity index (χ0n) is 18.6. The first-order valence-corrected chi connectivity index (χ1v) is 12.0. The molecule has 7 heteroatoms. The van der Waals surface area contributed by atoms with Crippen LogP contribution in [0.3, 0.4) is 0 Å². The van der Waals surface area contributed by atoms with E-state index in [0.29, 0.717) is 43.5 Å². The molecule has 4 rings (SSSR count). The van der Waals surface area contributed by atoms with Gasteiger partial charge in [0.25, 0.3) is 0 Å². The third-order valence-electron chi connectivity index (χ3n) is 5.84. The summed E-state index contributed by atoms with van der Waals surface area (Å²) in [5, 5.41) is 0. The monoisotopic (exact) mass is 439 g/mol. The van der Waals surface area contributed by atoms with Gasteiger partial charge in [0.15, 0.2) is 0 Å². The van der Waals surface area contributed by atoms with Crippen molar-refractivity contribution < 1.29 is 12.8 Å². The molecule has 164 valence electrons. The van der Waals surface area contributed by atoms with Gasteiger partial charge in [0, 0.05) is 38.3 Å². The highest BCUT2D eigenvalue weighted by atomic mass is 32.2. The maximum atomic E-state index is 13.1. The molecule has 0 atom stereocenters. The molecule has 0 N–H and O–H groups in total. The molecule has 0 aliphatic carbocycles. The van der Waals surface area contributed by atoms with Crippen LogP contribution < -0.4 is 0 Å². The highest BCUT2D eigenvalue weighted by Crippen LogP contribution is 2.25. The fourth-order valence-electron chi connectivity index (χ4n) is 3.96. The van der Waals surface area contributed by atoms with Gasteiger partial charge in [0.05, 0.1) is 10.6 Å². The summed E-state index contributed by atoms with van der Waals surface area (Å²) in [4.78, 5) is 7.34. The van der Waals surface area contributed by atoms with Crippen LogP contribution in [0.2, 0.25) is 0 Å². The van der Waals surface area contributed by atoms with Crippen LogP contribution in [0.25, 0.3) is 11.5 Å². The number of oxazole rings is 1. The molecule has 1 aromatic heterocycles. The maximum Gasteiger partial charge on any atom is 0.243 e. The Balaban J connectivity index is 1.42. The zero-order valence-corrected chi connectivity index (χ0v) is 19.4. The molecule has 2 heterocycles. The van der Waals surface area contributed by atoms with E-state index < -0.39 is 10.0 Å². The smallest absolute Gasteiger partial charge is 0.243 e. The average Bonchev–Trinajstić information content (AvgIpc) is 3.09. The number of benzene rings is 2. The van der Waals surface area contributed by atoms with E-state index >= 15 is 0 Å². The molecule has 1 aliphatic rings. The van der Waals surface area contributed by atoms with Gasteiger partial charge in [-0.25, -0.2) is 13.4 Å². The van der Waals surface area contributed by atoms with Crippen LogP contribution in [0.4, 0.5) is 0 Å². The molecule has 2 aromatic carbocycles. The van der Waals surface area contributed by atoms with Crippen molar-refractivity contribution >= 4 is 10.0 Å². The Bertz CT molecular complexity index is 1180. The van der Waals surface area contributed by atoms with Crippen LogP contribution in [-0.2, 0) is 16.6 Å². The van der Waals surface area contributed by atoms with Crippen LogP contribution in [-0.4, -0.2) is 48.8 Å². The number of hydrogen-bond acceptors (Lipinski definition) is 5. The summed E-state index contributed by atoms with van der Waals surface area (Å²) in [7, 11) is -3.48. The molecule has 31 heavy (non-hydrogen) atoms. The molecular weight excluding hydrogens is 410 g/mol. The van der Waals surface area contributed by atoms with Crippen LogP contribution >= 0.6 is 0 Å². The third kappa shape index (κ3) is 4.59. The summed E-state index contributed by atoms with van der Waals surface area (Å²) in [6.45, 7) is 10.7. The lowest BCUT2D eigenvalue weighted by Crippen LogP contribution is -2.48. The van der Waals surface area contributed by atoms with E-state index in [1.54, 1.807) is 10.4 Å². The molecule has 3 aromatic rings. The van der Waals surface area contributed by atoms with Gasteiger partial charge in [-0.15, -0.1) is 0 Å². The Morgan fingerprint density at radius 1 is 0.903 bits per heavy atom.